The molecule has 168 valence electrons. The maximum absolute atomic E-state index is 13.2. The van der Waals surface area contributed by atoms with Gasteiger partial charge in [0, 0.05) is 17.4 Å². The molecule has 6 nitrogen and oxygen atoms in total. The molecule has 7 heteroatoms. The lowest BCUT2D eigenvalue weighted by Crippen LogP contribution is -2.29. The second-order valence-corrected chi connectivity index (χ2v) is 8.87. The van der Waals surface area contributed by atoms with E-state index >= 15 is 0 Å². The molecule has 1 aliphatic heterocycles. The number of nitrogens with zero attached hydrogens (tertiary/aromatic N) is 2. The maximum atomic E-state index is 13.2. The van der Waals surface area contributed by atoms with Gasteiger partial charge in [0.05, 0.1) is 22.8 Å². The monoisotopic (exact) mass is 506 g/mol. The third kappa shape index (κ3) is 4.16. The van der Waals surface area contributed by atoms with E-state index in [1.807, 2.05) is 24.3 Å². The Labute approximate surface area is 200 Å². The number of carbonyl (C=O) groups excluding carboxylic acids is 2. The van der Waals surface area contributed by atoms with Gasteiger partial charge in [0.2, 0.25) is 0 Å². The number of benzene rings is 2. The van der Waals surface area contributed by atoms with Crippen molar-refractivity contribution >= 4 is 39.1 Å². The van der Waals surface area contributed by atoms with E-state index in [4.69, 9.17) is 4.74 Å². The zero-order chi connectivity index (χ0) is 23.7. The normalized spacial score (nSPS) is 17.6. The van der Waals surface area contributed by atoms with Crippen molar-refractivity contribution in [3.63, 3.8) is 0 Å². The Morgan fingerprint density at radius 2 is 1.82 bits per heavy atom. The number of hydrogen-bond donors (Lipinski definition) is 1. The van der Waals surface area contributed by atoms with E-state index in [1.165, 1.54) is 12.0 Å². The van der Waals surface area contributed by atoms with Gasteiger partial charge in [-0.2, -0.15) is 0 Å². The van der Waals surface area contributed by atoms with Crippen molar-refractivity contribution in [3.05, 3.63) is 93.7 Å². The second-order valence-electron chi connectivity index (χ2n) is 8.02. The van der Waals surface area contributed by atoms with E-state index < -0.39 is 17.7 Å². The summed E-state index contributed by atoms with van der Waals surface area (Å²) < 4.78 is 5.86. The molecule has 1 aromatic heterocycles. The number of rotatable bonds is 5. The van der Waals surface area contributed by atoms with Crippen LogP contribution < -0.4 is 9.64 Å². The predicted octanol–water partition coefficient (Wildman–Crippen LogP) is 5.60. The summed E-state index contributed by atoms with van der Waals surface area (Å²) in [7, 11) is 1.54. The Balaban J connectivity index is 1.89. The van der Waals surface area contributed by atoms with Crippen LogP contribution in [0.2, 0.25) is 0 Å². The lowest BCUT2D eigenvalue weighted by atomic mass is 9.98. The summed E-state index contributed by atoms with van der Waals surface area (Å²) in [4.78, 5) is 32.2. The van der Waals surface area contributed by atoms with Crippen LogP contribution in [0.3, 0.4) is 0 Å². The summed E-state index contributed by atoms with van der Waals surface area (Å²) in [5.41, 5.74) is 2.54. The summed E-state index contributed by atoms with van der Waals surface area (Å²) >= 11 is 3.40. The highest BCUT2D eigenvalue weighted by atomic mass is 79.9. The third-order valence-corrected chi connectivity index (χ3v) is 6.30. The van der Waals surface area contributed by atoms with Crippen LogP contribution >= 0.6 is 15.9 Å². The molecule has 2 aromatic carbocycles. The molecule has 1 fully saturated rings. The van der Waals surface area contributed by atoms with Gasteiger partial charge in [-0.3, -0.25) is 19.5 Å². The van der Waals surface area contributed by atoms with Gasteiger partial charge in [-0.15, -0.1) is 0 Å². The molecule has 1 amide bonds. The van der Waals surface area contributed by atoms with Crippen molar-refractivity contribution in [1.82, 2.24) is 4.98 Å². The summed E-state index contributed by atoms with van der Waals surface area (Å²) in [6, 6.07) is 16.9. The Bertz CT molecular complexity index is 1240. The topological polar surface area (TPSA) is 79.7 Å². The molecule has 0 spiro atoms. The fourth-order valence-electron chi connectivity index (χ4n) is 3.91. The van der Waals surface area contributed by atoms with E-state index in [1.54, 1.807) is 42.6 Å². The van der Waals surface area contributed by atoms with Gasteiger partial charge >= 0.3 is 0 Å². The minimum Gasteiger partial charge on any atom is -0.507 e. The van der Waals surface area contributed by atoms with Crippen LogP contribution in [-0.2, 0) is 9.59 Å². The highest BCUT2D eigenvalue weighted by Gasteiger charge is 2.47. The molecule has 2 heterocycles. The van der Waals surface area contributed by atoms with Crippen LogP contribution in [0, 0.1) is 0 Å². The minimum atomic E-state index is -0.864. The smallest absolute Gasteiger partial charge is 0.300 e. The average Bonchev–Trinajstić information content (AvgIpc) is 3.09. The largest absolute Gasteiger partial charge is 0.507 e. The minimum absolute atomic E-state index is 0.0105. The van der Waals surface area contributed by atoms with Crippen molar-refractivity contribution in [2.75, 3.05) is 12.0 Å². The molecule has 1 atom stereocenters. The first kappa shape index (κ1) is 22.7. The summed E-state index contributed by atoms with van der Waals surface area (Å²) in [6.07, 6.45) is 1.60. The number of anilines is 1. The number of aliphatic hydroxyl groups is 1. The first-order valence-corrected chi connectivity index (χ1v) is 11.3. The van der Waals surface area contributed by atoms with Crippen LogP contribution in [0.1, 0.15) is 42.6 Å². The number of aromatic nitrogens is 1. The molecule has 0 radical (unpaired) electrons. The first-order valence-electron chi connectivity index (χ1n) is 10.5. The molecular weight excluding hydrogens is 484 g/mol. The number of carbonyl (C=O) groups is 2. The molecule has 1 unspecified atom stereocenters. The molecule has 0 saturated carbocycles. The number of amides is 1. The van der Waals surface area contributed by atoms with Crippen LogP contribution in [0.5, 0.6) is 5.75 Å². The molecule has 3 aromatic rings. The lowest BCUT2D eigenvalue weighted by Gasteiger charge is -2.25. The SMILES string of the molecule is COc1ccc(/C(O)=C2/C(=O)C(=O)N(c3ccc(C(C)C)cc3)C2c2ccccn2)cc1Br. The zero-order valence-corrected chi connectivity index (χ0v) is 20.0. The summed E-state index contributed by atoms with van der Waals surface area (Å²) in [6.45, 7) is 4.17. The molecule has 1 N–H and O–H groups in total. The van der Waals surface area contributed by atoms with E-state index in [0.29, 0.717) is 33.1 Å². The zero-order valence-electron chi connectivity index (χ0n) is 18.4. The van der Waals surface area contributed by atoms with Crippen molar-refractivity contribution in [1.29, 1.82) is 0 Å². The van der Waals surface area contributed by atoms with Crippen molar-refractivity contribution in [3.8, 4) is 5.75 Å². The van der Waals surface area contributed by atoms with E-state index in [0.717, 1.165) is 5.56 Å². The van der Waals surface area contributed by atoms with E-state index in [2.05, 4.69) is 34.8 Å². The van der Waals surface area contributed by atoms with E-state index in [9.17, 15) is 14.7 Å². The molecule has 1 saturated heterocycles. The summed E-state index contributed by atoms with van der Waals surface area (Å²) in [5, 5.41) is 11.2. The Hall–Kier alpha value is -3.45. The predicted molar refractivity (Wildman–Crippen MR) is 130 cm³/mol. The number of methoxy groups -OCH3 is 1. The number of ether oxygens (including phenoxy) is 1. The van der Waals surface area contributed by atoms with Crippen LogP contribution in [0.4, 0.5) is 5.69 Å². The van der Waals surface area contributed by atoms with Gasteiger partial charge in [0.15, 0.2) is 0 Å². The van der Waals surface area contributed by atoms with Crippen molar-refractivity contribution < 1.29 is 19.4 Å². The van der Waals surface area contributed by atoms with Gasteiger partial charge < -0.3 is 9.84 Å². The molecule has 0 aliphatic carbocycles. The molecule has 1 aliphatic rings. The maximum Gasteiger partial charge on any atom is 0.300 e. The standard InChI is InChI=1S/C26H23BrN2O4/c1-15(2)16-7-10-18(11-8-16)29-23(20-6-4-5-13-28-20)22(25(31)26(29)32)24(30)17-9-12-21(33-3)19(27)14-17/h4-15,23,30H,1-3H3/b24-22-. The first-order chi connectivity index (χ1) is 15.8. The molecular formula is C26H23BrN2O4. The number of aliphatic hydroxyl groups excluding tert-OH is 1. The second kappa shape index (κ2) is 9.19. The quantitative estimate of drug-likeness (QED) is 0.276. The highest BCUT2D eigenvalue weighted by Crippen LogP contribution is 2.42. The lowest BCUT2D eigenvalue weighted by molar-refractivity contribution is -0.132. The van der Waals surface area contributed by atoms with Crippen LogP contribution in [0.25, 0.3) is 5.76 Å². The van der Waals surface area contributed by atoms with Gasteiger partial charge in [0.1, 0.15) is 17.6 Å². The average molecular weight is 507 g/mol. The Kier molecular flexibility index (Phi) is 6.33. The number of hydrogen-bond acceptors (Lipinski definition) is 5. The number of pyridine rings is 1. The van der Waals surface area contributed by atoms with Gasteiger partial charge in [-0.05, 0) is 69.9 Å². The van der Waals surface area contributed by atoms with Gasteiger partial charge in [0.25, 0.3) is 11.7 Å². The van der Waals surface area contributed by atoms with Crippen LogP contribution in [0.15, 0.2) is 76.9 Å². The van der Waals surface area contributed by atoms with Gasteiger partial charge in [-0.1, -0.05) is 32.0 Å². The Morgan fingerprint density at radius 3 is 2.39 bits per heavy atom. The molecule has 33 heavy (non-hydrogen) atoms. The fourth-order valence-corrected chi connectivity index (χ4v) is 4.45. The van der Waals surface area contributed by atoms with E-state index in [-0.39, 0.29) is 11.3 Å². The molecule has 4 rings (SSSR count). The van der Waals surface area contributed by atoms with Crippen molar-refractivity contribution in [2.45, 2.75) is 25.8 Å². The molecule has 0 bridgehead atoms. The number of Topliss-reactive ketones (excluding diaryl/α,β-unsaturated/α-hetero) is 1. The fraction of sp³-hybridized carbons (Fsp3) is 0.192. The van der Waals surface area contributed by atoms with Crippen molar-refractivity contribution in [2.24, 2.45) is 0 Å². The Morgan fingerprint density at radius 1 is 1.09 bits per heavy atom. The van der Waals surface area contributed by atoms with Gasteiger partial charge in [-0.25, -0.2) is 0 Å². The third-order valence-electron chi connectivity index (χ3n) is 5.68. The number of halogens is 1. The summed E-state index contributed by atoms with van der Waals surface area (Å²) in [5.74, 6) is -0.832. The van der Waals surface area contributed by atoms with Crippen LogP contribution in [-0.4, -0.2) is 28.9 Å². The number of ketones is 1. The highest BCUT2D eigenvalue weighted by molar-refractivity contribution is 9.10.